The molecule has 3 rings (SSSR count). The van der Waals surface area contributed by atoms with Crippen molar-refractivity contribution in [2.75, 3.05) is 14.2 Å². The van der Waals surface area contributed by atoms with Gasteiger partial charge in [-0.3, -0.25) is 5.10 Å². The normalized spacial score (nSPS) is 11.8. The quantitative estimate of drug-likeness (QED) is 0.686. The van der Waals surface area contributed by atoms with Gasteiger partial charge in [0.15, 0.2) is 23.1 Å². The Balaban J connectivity index is 1.71. The summed E-state index contributed by atoms with van der Waals surface area (Å²) in [5.74, 6) is 3.11. The van der Waals surface area contributed by atoms with E-state index in [2.05, 4.69) is 15.2 Å². The average Bonchev–Trinajstić information content (AvgIpc) is 3.15. The van der Waals surface area contributed by atoms with Crippen molar-refractivity contribution < 1.29 is 14.2 Å². The van der Waals surface area contributed by atoms with Crippen LogP contribution in [0.1, 0.15) is 23.3 Å². The molecule has 2 aromatic carbocycles. The molecule has 0 amide bonds. The molecule has 1 heterocycles. The molecule has 25 heavy (non-hydrogen) atoms. The molecular weight excluding hydrogens is 320 g/mol. The van der Waals surface area contributed by atoms with Crippen molar-refractivity contribution >= 4 is 0 Å². The number of hydrogen-bond acceptors (Lipinski definition) is 6. The van der Waals surface area contributed by atoms with Crippen LogP contribution in [0.3, 0.4) is 0 Å². The molecular formula is C18H20N4O3. The van der Waals surface area contributed by atoms with E-state index in [-0.39, 0.29) is 6.61 Å². The van der Waals surface area contributed by atoms with Crippen LogP contribution in [-0.2, 0) is 6.61 Å². The fourth-order valence-corrected chi connectivity index (χ4v) is 2.38. The predicted octanol–water partition coefficient (Wildman–Crippen LogP) is 2.45. The first-order chi connectivity index (χ1) is 12.2. The van der Waals surface area contributed by atoms with E-state index in [4.69, 9.17) is 19.9 Å². The smallest absolute Gasteiger partial charge is 0.172 e. The molecule has 0 saturated heterocycles. The lowest BCUT2D eigenvalue weighted by Gasteiger charge is -2.12. The monoisotopic (exact) mass is 340 g/mol. The lowest BCUT2D eigenvalue weighted by atomic mass is 10.1. The molecule has 0 saturated carbocycles. The van der Waals surface area contributed by atoms with E-state index in [0.717, 1.165) is 11.3 Å². The SMILES string of the molecule is COc1ccc([C@@H](N)c2n[nH]c(COc3ccccc3)n2)cc1OC. The zero-order chi connectivity index (χ0) is 17.6. The van der Waals surface area contributed by atoms with Crippen LogP contribution in [0.2, 0.25) is 0 Å². The molecule has 130 valence electrons. The molecule has 0 aliphatic carbocycles. The van der Waals surface area contributed by atoms with Gasteiger partial charge in [-0.1, -0.05) is 24.3 Å². The maximum Gasteiger partial charge on any atom is 0.172 e. The summed E-state index contributed by atoms with van der Waals surface area (Å²) < 4.78 is 16.2. The van der Waals surface area contributed by atoms with Crippen LogP contribution in [0.15, 0.2) is 48.5 Å². The number of benzene rings is 2. The van der Waals surface area contributed by atoms with Gasteiger partial charge in [0, 0.05) is 0 Å². The van der Waals surface area contributed by atoms with Crippen LogP contribution < -0.4 is 19.9 Å². The van der Waals surface area contributed by atoms with Gasteiger partial charge in [0.05, 0.1) is 20.3 Å². The second kappa shape index (κ2) is 7.67. The molecule has 1 aromatic heterocycles. The third kappa shape index (κ3) is 3.89. The summed E-state index contributed by atoms with van der Waals surface area (Å²) in [5.41, 5.74) is 7.10. The van der Waals surface area contributed by atoms with Crippen molar-refractivity contribution in [2.45, 2.75) is 12.6 Å². The zero-order valence-electron chi connectivity index (χ0n) is 14.1. The van der Waals surface area contributed by atoms with Gasteiger partial charge < -0.3 is 19.9 Å². The molecule has 0 unspecified atom stereocenters. The van der Waals surface area contributed by atoms with E-state index in [1.54, 1.807) is 20.3 Å². The molecule has 0 aliphatic rings. The van der Waals surface area contributed by atoms with E-state index >= 15 is 0 Å². The Kier molecular flexibility index (Phi) is 5.15. The van der Waals surface area contributed by atoms with Crippen molar-refractivity contribution in [3.8, 4) is 17.2 Å². The van der Waals surface area contributed by atoms with E-state index in [1.807, 2.05) is 42.5 Å². The summed E-state index contributed by atoms with van der Waals surface area (Å²) in [6, 6.07) is 14.5. The van der Waals surface area contributed by atoms with Gasteiger partial charge in [0.1, 0.15) is 12.4 Å². The number of hydrogen-bond donors (Lipinski definition) is 2. The summed E-state index contributed by atoms with van der Waals surface area (Å²) in [7, 11) is 3.17. The number of aromatic amines is 1. The summed E-state index contributed by atoms with van der Waals surface area (Å²) in [4.78, 5) is 4.41. The van der Waals surface area contributed by atoms with Crippen molar-refractivity contribution in [3.63, 3.8) is 0 Å². The Labute approximate surface area is 145 Å². The van der Waals surface area contributed by atoms with Crippen LogP contribution >= 0.6 is 0 Å². The maximum atomic E-state index is 6.27. The van der Waals surface area contributed by atoms with E-state index < -0.39 is 6.04 Å². The maximum absolute atomic E-state index is 6.27. The fraction of sp³-hybridized carbons (Fsp3) is 0.222. The molecule has 7 nitrogen and oxygen atoms in total. The van der Waals surface area contributed by atoms with Crippen LogP contribution in [0.4, 0.5) is 0 Å². The molecule has 0 aliphatic heterocycles. The minimum Gasteiger partial charge on any atom is -0.493 e. The van der Waals surface area contributed by atoms with E-state index in [9.17, 15) is 0 Å². The van der Waals surface area contributed by atoms with E-state index in [0.29, 0.717) is 23.1 Å². The third-order valence-electron chi connectivity index (χ3n) is 3.71. The van der Waals surface area contributed by atoms with Gasteiger partial charge in [-0.2, -0.15) is 5.10 Å². The average molecular weight is 340 g/mol. The van der Waals surface area contributed by atoms with Crippen LogP contribution in [0, 0.1) is 0 Å². The lowest BCUT2D eigenvalue weighted by molar-refractivity contribution is 0.296. The Morgan fingerprint density at radius 1 is 1.04 bits per heavy atom. The third-order valence-corrected chi connectivity index (χ3v) is 3.71. The number of aromatic nitrogens is 3. The van der Waals surface area contributed by atoms with Gasteiger partial charge in [0.2, 0.25) is 0 Å². The van der Waals surface area contributed by atoms with Crippen molar-refractivity contribution in [3.05, 3.63) is 65.7 Å². The zero-order valence-corrected chi connectivity index (χ0v) is 14.1. The summed E-state index contributed by atoms with van der Waals surface area (Å²) >= 11 is 0. The van der Waals surface area contributed by atoms with Gasteiger partial charge in [-0.15, -0.1) is 0 Å². The number of ether oxygens (including phenoxy) is 3. The number of H-pyrrole nitrogens is 1. The fourth-order valence-electron chi connectivity index (χ4n) is 2.38. The van der Waals surface area contributed by atoms with E-state index in [1.165, 1.54) is 0 Å². The molecule has 0 spiro atoms. The molecule has 0 bridgehead atoms. The second-order valence-corrected chi connectivity index (χ2v) is 5.33. The molecule has 3 aromatic rings. The Morgan fingerprint density at radius 3 is 2.52 bits per heavy atom. The first kappa shape index (κ1) is 16.8. The molecule has 0 fully saturated rings. The van der Waals surface area contributed by atoms with Crippen molar-refractivity contribution in [2.24, 2.45) is 5.73 Å². The number of para-hydroxylation sites is 1. The Morgan fingerprint density at radius 2 is 1.80 bits per heavy atom. The molecule has 0 radical (unpaired) electrons. The van der Waals surface area contributed by atoms with Crippen LogP contribution in [0.5, 0.6) is 17.2 Å². The van der Waals surface area contributed by atoms with Gasteiger partial charge in [0.25, 0.3) is 0 Å². The first-order valence-corrected chi connectivity index (χ1v) is 7.77. The van der Waals surface area contributed by atoms with Crippen molar-refractivity contribution in [1.82, 2.24) is 15.2 Å². The molecule has 7 heteroatoms. The minimum absolute atomic E-state index is 0.287. The van der Waals surface area contributed by atoms with Crippen LogP contribution in [0.25, 0.3) is 0 Å². The first-order valence-electron chi connectivity index (χ1n) is 7.77. The van der Waals surface area contributed by atoms with Crippen LogP contribution in [-0.4, -0.2) is 29.4 Å². The minimum atomic E-state index is -0.485. The number of nitrogens with one attached hydrogen (secondary N) is 1. The topological polar surface area (TPSA) is 95.3 Å². The van der Waals surface area contributed by atoms with Gasteiger partial charge in [-0.05, 0) is 29.8 Å². The van der Waals surface area contributed by atoms with Gasteiger partial charge in [-0.25, -0.2) is 4.98 Å². The highest BCUT2D eigenvalue weighted by Crippen LogP contribution is 2.30. The van der Waals surface area contributed by atoms with Crippen molar-refractivity contribution in [1.29, 1.82) is 0 Å². The Hall–Kier alpha value is -3.06. The predicted molar refractivity (Wildman–Crippen MR) is 92.7 cm³/mol. The molecule has 3 N–H and O–H groups in total. The summed E-state index contributed by atoms with van der Waals surface area (Å²) in [6.07, 6.45) is 0. The number of methoxy groups -OCH3 is 2. The van der Waals surface area contributed by atoms with Gasteiger partial charge >= 0.3 is 0 Å². The number of rotatable bonds is 7. The standard InChI is InChI=1S/C18H20N4O3/c1-23-14-9-8-12(10-15(14)24-2)17(19)18-20-16(21-22-18)11-25-13-6-4-3-5-7-13/h3-10,17H,11,19H2,1-2H3,(H,20,21,22)/t17-/m1/s1. The Bertz CT molecular complexity index is 820. The largest absolute Gasteiger partial charge is 0.493 e. The molecule has 1 atom stereocenters. The highest BCUT2D eigenvalue weighted by atomic mass is 16.5. The lowest BCUT2D eigenvalue weighted by Crippen LogP contribution is -2.14. The number of nitrogens with two attached hydrogens (primary N) is 1. The highest BCUT2D eigenvalue weighted by molar-refractivity contribution is 5.44. The summed E-state index contributed by atoms with van der Waals surface area (Å²) in [6.45, 7) is 0.287. The summed E-state index contributed by atoms with van der Waals surface area (Å²) in [5, 5.41) is 7.05. The second-order valence-electron chi connectivity index (χ2n) is 5.33. The number of nitrogens with zero attached hydrogens (tertiary/aromatic N) is 2. The highest BCUT2D eigenvalue weighted by Gasteiger charge is 2.17.